The molecular weight excluding hydrogens is 603 g/mol. The first-order chi connectivity index (χ1) is 16.1. The smallest absolute Gasteiger partial charge is 0.460 e. The second-order valence-corrected chi connectivity index (χ2v) is 11.2. The number of thioether (sulfide) groups is 1. The standard InChI is InChI=1S/C18H19F17O2S/c1-9(2,8(36)37)7-10(3,4)38-6-5-11(19,20)12(21,22)13(23,24)14(25,26)15(27,28)16(29,30)17(31,32)18(33,34)35/h5-7H2,1-4H3,(H,36,37). The number of hydrogen-bond donors (Lipinski definition) is 1. The number of carboxylic acid groups (broad SMARTS) is 1. The lowest BCUT2D eigenvalue weighted by Gasteiger charge is -2.43. The number of hydrogen-bond acceptors (Lipinski definition) is 2. The Balaban J connectivity index is 6.22. The minimum absolute atomic E-state index is 0.199. The van der Waals surface area contributed by atoms with E-state index in [2.05, 4.69) is 0 Å². The minimum Gasteiger partial charge on any atom is -0.481 e. The van der Waals surface area contributed by atoms with E-state index in [0.717, 1.165) is 27.7 Å². The van der Waals surface area contributed by atoms with Crippen molar-refractivity contribution < 1.29 is 84.5 Å². The van der Waals surface area contributed by atoms with Gasteiger partial charge in [-0.25, -0.2) is 0 Å². The second kappa shape index (κ2) is 9.92. The summed E-state index contributed by atoms with van der Waals surface area (Å²) < 4.78 is 224. The number of halogens is 17. The molecule has 0 heterocycles. The summed E-state index contributed by atoms with van der Waals surface area (Å²) in [5, 5.41) is 9.04. The van der Waals surface area contributed by atoms with E-state index in [1.807, 2.05) is 0 Å². The summed E-state index contributed by atoms with van der Waals surface area (Å²) in [4.78, 5) is 11.1. The van der Waals surface area contributed by atoms with Gasteiger partial charge in [-0.2, -0.15) is 86.4 Å². The number of carboxylic acids is 1. The van der Waals surface area contributed by atoms with Crippen LogP contribution in [0.5, 0.6) is 0 Å². The maximum absolute atomic E-state index is 13.9. The van der Waals surface area contributed by atoms with Crippen LogP contribution < -0.4 is 0 Å². The van der Waals surface area contributed by atoms with Crippen LogP contribution in [-0.4, -0.2) is 69.2 Å². The molecule has 2 nitrogen and oxygen atoms in total. The van der Waals surface area contributed by atoms with E-state index in [0.29, 0.717) is 0 Å². The van der Waals surface area contributed by atoms with Gasteiger partial charge in [-0.05, 0) is 26.0 Å². The van der Waals surface area contributed by atoms with Crippen LogP contribution in [-0.2, 0) is 4.79 Å². The Hall–Kier alpha value is -1.37. The van der Waals surface area contributed by atoms with Crippen molar-refractivity contribution in [2.24, 2.45) is 5.41 Å². The van der Waals surface area contributed by atoms with Gasteiger partial charge in [0.2, 0.25) is 0 Å². The molecule has 0 aliphatic rings. The zero-order valence-electron chi connectivity index (χ0n) is 19.3. The fourth-order valence-corrected chi connectivity index (χ4v) is 4.37. The summed E-state index contributed by atoms with van der Waals surface area (Å²) in [6, 6.07) is 0. The molecule has 0 radical (unpaired) electrons. The van der Waals surface area contributed by atoms with E-state index in [9.17, 15) is 79.4 Å². The molecule has 0 aromatic rings. The molecule has 0 saturated heterocycles. The van der Waals surface area contributed by atoms with E-state index in [-0.39, 0.29) is 18.2 Å². The normalized spacial score (nSPS) is 16.1. The first kappa shape index (κ1) is 36.6. The lowest BCUT2D eigenvalue weighted by atomic mass is 9.84. The van der Waals surface area contributed by atoms with Gasteiger partial charge in [0.05, 0.1) is 5.41 Å². The van der Waals surface area contributed by atoms with Crippen LogP contribution in [0.3, 0.4) is 0 Å². The maximum atomic E-state index is 13.9. The Labute approximate surface area is 207 Å². The molecular formula is C18H19F17O2S. The van der Waals surface area contributed by atoms with E-state index in [1.54, 1.807) is 0 Å². The van der Waals surface area contributed by atoms with Crippen LogP contribution in [0.25, 0.3) is 0 Å². The third-order valence-corrected chi connectivity index (χ3v) is 6.48. The highest BCUT2D eigenvalue weighted by atomic mass is 32.2. The van der Waals surface area contributed by atoms with Crippen LogP contribution in [0.1, 0.15) is 40.5 Å². The van der Waals surface area contributed by atoms with Crippen molar-refractivity contribution in [2.75, 3.05) is 5.75 Å². The van der Waals surface area contributed by atoms with Gasteiger partial charge in [0.15, 0.2) is 0 Å². The molecule has 0 spiro atoms. The SMILES string of the molecule is CC(C)(CC(C)(C)C(=O)O)SCCC(F)(F)C(F)(F)C(F)(F)C(F)(F)C(F)(F)C(F)(F)C(F)(F)C(F)(F)F. The summed E-state index contributed by atoms with van der Waals surface area (Å²) in [5.41, 5.74) is -1.56. The molecule has 38 heavy (non-hydrogen) atoms. The average Bonchev–Trinajstić information content (AvgIpc) is 2.64. The number of aliphatic carboxylic acids is 1. The van der Waals surface area contributed by atoms with Crippen molar-refractivity contribution in [3.8, 4) is 0 Å². The van der Waals surface area contributed by atoms with Crippen molar-refractivity contribution >= 4 is 17.7 Å². The van der Waals surface area contributed by atoms with Crippen LogP contribution >= 0.6 is 11.8 Å². The molecule has 0 atom stereocenters. The summed E-state index contributed by atoms with van der Waals surface area (Å²) in [6.45, 7) is 4.60. The minimum atomic E-state index is -8.65. The topological polar surface area (TPSA) is 37.3 Å². The van der Waals surface area contributed by atoms with Crippen molar-refractivity contribution in [2.45, 2.75) is 92.9 Å². The summed E-state index contributed by atoms with van der Waals surface area (Å²) in [6.07, 6.45) is -10.7. The van der Waals surface area contributed by atoms with Gasteiger partial charge in [-0.1, -0.05) is 13.8 Å². The number of rotatable bonds is 13. The Kier molecular flexibility index (Phi) is 9.56. The first-order valence-electron chi connectivity index (χ1n) is 9.69. The third kappa shape index (κ3) is 5.88. The van der Waals surface area contributed by atoms with Gasteiger partial charge in [-0.3, -0.25) is 4.79 Å². The van der Waals surface area contributed by atoms with Crippen LogP contribution in [0.15, 0.2) is 0 Å². The Bertz CT molecular complexity index is 861. The molecule has 0 amide bonds. The van der Waals surface area contributed by atoms with Gasteiger partial charge in [0, 0.05) is 11.2 Å². The predicted molar refractivity (Wildman–Crippen MR) is 97.9 cm³/mol. The van der Waals surface area contributed by atoms with Crippen LogP contribution in [0.4, 0.5) is 74.6 Å². The molecule has 0 aliphatic heterocycles. The molecule has 20 heteroatoms. The monoisotopic (exact) mass is 622 g/mol. The molecule has 1 N–H and O–H groups in total. The fourth-order valence-electron chi connectivity index (χ4n) is 3.00. The van der Waals surface area contributed by atoms with Crippen LogP contribution in [0, 0.1) is 5.41 Å². The van der Waals surface area contributed by atoms with E-state index < -0.39 is 75.9 Å². The van der Waals surface area contributed by atoms with Crippen molar-refractivity contribution in [1.29, 1.82) is 0 Å². The fraction of sp³-hybridized carbons (Fsp3) is 0.944. The Morgan fingerprint density at radius 3 is 1.21 bits per heavy atom. The zero-order chi connectivity index (χ0) is 31.4. The second-order valence-electron chi connectivity index (χ2n) is 9.37. The molecule has 0 fully saturated rings. The van der Waals surface area contributed by atoms with Gasteiger partial charge < -0.3 is 5.11 Å². The van der Waals surface area contributed by atoms with Crippen molar-refractivity contribution in [3.05, 3.63) is 0 Å². The van der Waals surface area contributed by atoms with Gasteiger partial charge in [0.25, 0.3) is 0 Å². The lowest BCUT2D eigenvalue weighted by Crippen LogP contribution is -2.74. The van der Waals surface area contributed by atoms with E-state index >= 15 is 0 Å². The highest BCUT2D eigenvalue weighted by Crippen LogP contribution is 2.64. The number of carbonyl (C=O) groups is 1. The highest BCUT2D eigenvalue weighted by molar-refractivity contribution is 8.00. The average molecular weight is 622 g/mol. The summed E-state index contributed by atoms with van der Waals surface area (Å²) in [5.74, 6) is -59.2. The molecule has 0 rings (SSSR count). The zero-order valence-corrected chi connectivity index (χ0v) is 20.1. The van der Waals surface area contributed by atoms with Gasteiger partial charge >= 0.3 is 53.6 Å². The summed E-state index contributed by atoms with van der Waals surface area (Å²) >= 11 is 0.199. The molecule has 0 bridgehead atoms. The lowest BCUT2D eigenvalue weighted by molar-refractivity contribution is -0.461. The predicted octanol–water partition coefficient (Wildman–Crippen LogP) is 8.40. The van der Waals surface area contributed by atoms with Crippen LogP contribution in [0.2, 0.25) is 0 Å². The van der Waals surface area contributed by atoms with Gasteiger partial charge in [-0.15, -0.1) is 0 Å². The first-order valence-corrected chi connectivity index (χ1v) is 10.7. The van der Waals surface area contributed by atoms with E-state index in [4.69, 9.17) is 5.11 Å². The largest absolute Gasteiger partial charge is 0.481 e. The van der Waals surface area contributed by atoms with E-state index in [1.165, 1.54) is 0 Å². The molecule has 0 saturated carbocycles. The molecule has 0 unspecified atom stereocenters. The van der Waals surface area contributed by atoms with Crippen molar-refractivity contribution in [3.63, 3.8) is 0 Å². The quantitative estimate of drug-likeness (QED) is 0.210. The third-order valence-electron chi connectivity index (χ3n) is 5.14. The molecule has 0 aliphatic carbocycles. The van der Waals surface area contributed by atoms with Gasteiger partial charge in [0.1, 0.15) is 0 Å². The summed E-state index contributed by atoms with van der Waals surface area (Å²) in [7, 11) is 0. The molecule has 228 valence electrons. The number of alkyl halides is 17. The maximum Gasteiger partial charge on any atom is 0.460 e. The Morgan fingerprint density at radius 1 is 0.579 bits per heavy atom. The highest BCUT2D eigenvalue weighted by Gasteiger charge is 2.95. The molecule has 0 aromatic heterocycles. The Morgan fingerprint density at radius 2 is 0.895 bits per heavy atom. The molecule has 0 aromatic carbocycles. The van der Waals surface area contributed by atoms with Crippen molar-refractivity contribution in [1.82, 2.24) is 0 Å².